The van der Waals surface area contributed by atoms with Crippen molar-refractivity contribution in [2.75, 3.05) is 13.1 Å². The maximum absolute atomic E-state index is 12.4. The van der Waals surface area contributed by atoms with E-state index in [1.165, 1.54) is 0 Å². The fourth-order valence-corrected chi connectivity index (χ4v) is 2.88. The predicted molar refractivity (Wildman–Crippen MR) is 83.8 cm³/mol. The van der Waals surface area contributed by atoms with Crippen molar-refractivity contribution < 1.29 is 9.32 Å². The normalized spacial score (nSPS) is 21.4. The topological polar surface area (TPSA) is 98.4 Å². The van der Waals surface area contributed by atoms with Gasteiger partial charge in [0.05, 0.1) is 5.02 Å². The molecule has 0 unspecified atom stereocenters. The summed E-state index contributed by atoms with van der Waals surface area (Å²) < 4.78 is 5.22. The molecule has 1 amide bonds. The maximum Gasteiger partial charge on any atom is 0.276 e. The molecule has 1 aliphatic heterocycles. The van der Waals surface area contributed by atoms with Crippen LogP contribution in [0.5, 0.6) is 0 Å². The highest BCUT2D eigenvalue weighted by Gasteiger charge is 2.32. The zero-order valence-corrected chi connectivity index (χ0v) is 13.0. The summed E-state index contributed by atoms with van der Waals surface area (Å²) in [6, 6.07) is 6.10. The SMILES string of the molecule is N[C@@H]1CN(C(=O)c2cc(-c3ccc(Cl)cc3Cl)on2)C[C@H]1N. The molecule has 6 nitrogen and oxygen atoms in total. The molecular weight excluding hydrogens is 327 g/mol. The molecule has 0 spiro atoms. The van der Waals surface area contributed by atoms with E-state index < -0.39 is 0 Å². The van der Waals surface area contributed by atoms with Gasteiger partial charge in [-0.05, 0) is 18.2 Å². The smallest absolute Gasteiger partial charge is 0.276 e. The molecule has 1 saturated heterocycles. The minimum atomic E-state index is -0.261. The average Bonchev–Trinajstić information content (AvgIpc) is 3.06. The van der Waals surface area contributed by atoms with Gasteiger partial charge < -0.3 is 20.9 Å². The molecule has 0 bridgehead atoms. The molecular formula is C14H14Cl2N4O2. The fraction of sp³-hybridized carbons (Fsp3) is 0.286. The molecule has 1 aliphatic rings. The van der Waals surface area contributed by atoms with E-state index in [1.807, 2.05) is 0 Å². The lowest BCUT2D eigenvalue weighted by atomic mass is 10.1. The third-order valence-electron chi connectivity index (χ3n) is 3.63. The number of carbonyl (C=O) groups excluding carboxylic acids is 1. The van der Waals surface area contributed by atoms with Crippen LogP contribution >= 0.6 is 23.2 Å². The van der Waals surface area contributed by atoms with Crippen LogP contribution in [0.15, 0.2) is 28.8 Å². The second-order valence-corrected chi connectivity index (χ2v) is 6.08. The zero-order chi connectivity index (χ0) is 15.9. The van der Waals surface area contributed by atoms with Gasteiger partial charge in [0.15, 0.2) is 11.5 Å². The summed E-state index contributed by atoms with van der Waals surface area (Å²) in [5.41, 5.74) is 12.5. The number of aromatic nitrogens is 1. The van der Waals surface area contributed by atoms with Crippen LogP contribution in [0.1, 0.15) is 10.5 Å². The maximum atomic E-state index is 12.4. The highest BCUT2D eigenvalue weighted by molar-refractivity contribution is 6.36. The highest BCUT2D eigenvalue weighted by atomic mass is 35.5. The van der Waals surface area contributed by atoms with Gasteiger partial charge in [-0.3, -0.25) is 4.79 Å². The molecule has 2 heterocycles. The zero-order valence-electron chi connectivity index (χ0n) is 11.5. The molecule has 0 radical (unpaired) electrons. The summed E-state index contributed by atoms with van der Waals surface area (Å²) in [4.78, 5) is 13.9. The van der Waals surface area contributed by atoms with Crippen molar-refractivity contribution in [2.24, 2.45) is 11.5 Å². The van der Waals surface area contributed by atoms with E-state index in [9.17, 15) is 4.79 Å². The largest absolute Gasteiger partial charge is 0.355 e. The number of nitrogens with two attached hydrogens (primary N) is 2. The molecule has 1 aromatic carbocycles. The first-order chi connectivity index (χ1) is 10.5. The Morgan fingerprint density at radius 3 is 2.55 bits per heavy atom. The number of benzene rings is 1. The summed E-state index contributed by atoms with van der Waals surface area (Å²) in [6.07, 6.45) is 0. The van der Waals surface area contributed by atoms with Gasteiger partial charge in [0.2, 0.25) is 0 Å². The molecule has 0 aliphatic carbocycles. The molecule has 116 valence electrons. The minimum Gasteiger partial charge on any atom is -0.355 e. The molecule has 2 atom stereocenters. The first-order valence-corrected chi connectivity index (χ1v) is 7.44. The molecule has 4 N–H and O–H groups in total. The van der Waals surface area contributed by atoms with Crippen LogP contribution in [0.2, 0.25) is 10.0 Å². The summed E-state index contributed by atoms with van der Waals surface area (Å²) in [5.74, 6) is 0.140. The first-order valence-electron chi connectivity index (χ1n) is 6.68. The van der Waals surface area contributed by atoms with Crippen molar-refractivity contribution >= 4 is 29.1 Å². The minimum absolute atomic E-state index is 0.197. The number of hydrogen-bond donors (Lipinski definition) is 2. The quantitative estimate of drug-likeness (QED) is 0.867. The van der Waals surface area contributed by atoms with Crippen molar-refractivity contribution in [1.82, 2.24) is 10.1 Å². The number of hydrogen-bond acceptors (Lipinski definition) is 5. The van der Waals surface area contributed by atoms with Crippen molar-refractivity contribution in [3.8, 4) is 11.3 Å². The van der Waals surface area contributed by atoms with Gasteiger partial charge in [0.25, 0.3) is 5.91 Å². The van der Waals surface area contributed by atoms with Gasteiger partial charge in [-0.25, -0.2) is 0 Å². The van der Waals surface area contributed by atoms with Gasteiger partial charge in [-0.2, -0.15) is 0 Å². The number of likely N-dealkylation sites (tertiary alicyclic amines) is 1. The third-order valence-corrected chi connectivity index (χ3v) is 4.17. The average molecular weight is 341 g/mol. The molecule has 8 heteroatoms. The van der Waals surface area contributed by atoms with Gasteiger partial charge in [-0.15, -0.1) is 0 Å². The first kappa shape index (κ1) is 15.3. The van der Waals surface area contributed by atoms with Crippen LogP contribution in [0.4, 0.5) is 0 Å². The molecule has 3 rings (SSSR count). The Labute approximate surface area is 136 Å². The van der Waals surface area contributed by atoms with Gasteiger partial charge in [0.1, 0.15) is 0 Å². The number of halogens is 2. The van der Waals surface area contributed by atoms with Crippen molar-refractivity contribution in [3.05, 3.63) is 40.0 Å². The van der Waals surface area contributed by atoms with Gasteiger partial charge in [0, 0.05) is 41.8 Å². The van der Waals surface area contributed by atoms with Crippen LogP contribution in [0, 0.1) is 0 Å². The number of carbonyl (C=O) groups is 1. The second-order valence-electron chi connectivity index (χ2n) is 5.24. The third kappa shape index (κ3) is 2.83. The number of rotatable bonds is 2. The summed E-state index contributed by atoms with van der Waals surface area (Å²) in [6.45, 7) is 0.813. The van der Waals surface area contributed by atoms with E-state index in [-0.39, 0.29) is 23.7 Å². The number of nitrogens with zero attached hydrogens (tertiary/aromatic N) is 2. The lowest BCUT2D eigenvalue weighted by Crippen LogP contribution is -2.39. The van der Waals surface area contributed by atoms with Crippen molar-refractivity contribution in [2.45, 2.75) is 12.1 Å². The standard InChI is InChI=1S/C14H14Cl2N4O2/c15-7-1-2-8(9(16)3-7)13-4-12(19-22-13)14(21)20-5-10(17)11(18)6-20/h1-4,10-11H,5-6,17-18H2/t10-,11-/m1/s1. The lowest BCUT2D eigenvalue weighted by Gasteiger charge is -2.13. The van der Waals surface area contributed by atoms with E-state index in [0.717, 1.165) is 0 Å². The van der Waals surface area contributed by atoms with Crippen LogP contribution < -0.4 is 11.5 Å². The Morgan fingerprint density at radius 2 is 1.91 bits per heavy atom. The fourth-order valence-electron chi connectivity index (χ4n) is 2.37. The van der Waals surface area contributed by atoms with E-state index >= 15 is 0 Å². The van der Waals surface area contributed by atoms with Crippen molar-refractivity contribution in [3.63, 3.8) is 0 Å². The molecule has 2 aromatic rings. The van der Waals surface area contributed by atoms with E-state index in [1.54, 1.807) is 29.2 Å². The molecule has 22 heavy (non-hydrogen) atoms. The Balaban J connectivity index is 1.83. The summed E-state index contributed by atoms with van der Waals surface area (Å²) >= 11 is 12.0. The lowest BCUT2D eigenvalue weighted by molar-refractivity contribution is 0.0779. The van der Waals surface area contributed by atoms with E-state index in [4.69, 9.17) is 39.2 Å². The predicted octanol–water partition coefficient (Wildman–Crippen LogP) is 1.76. The van der Waals surface area contributed by atoms with Crippen LogP contribution in [0.25, 0.3) is 11.3 Å². The van der Waals surface area contributed by atoms with Crippen LogP contribution in [-0.2, 0) is 0 Å². The van der Waals surface area contributed by atoms with E-state index in [0.29, 0.717) is 34.5 Å². The van der Waals surface area contributed by atoms with E-state index in [2.05, 4.69) is 5.16 Å². The summed E-state index contributed by atoms with van der Waals surface area (Å²) in [7, 11) is 0. The Bertz CT molecular complexity index is 709. The van der Waals surface area contributed by atoms with Crippen LogP contribution in [-0.4, -0.2) is 41.1 Å². The highest BCUT2D eigenvalue weighted by Crippen LogP contribution is 2.31. The van der Waals surface area contributed by atoms with Gasteiger partial charge >= 0.3 is 0 Å². The molecule has 0 saturated carbocycles. The Hall–Kier alpha value is -1.60. The monoisotopic (exact) mass is 340 g/mol. The Kier molecular flexibility index (Phi) is 4.10. The van der Waals surface area contributed by atoms with Gasteiger partial charge in [-0.1, -0.05) is 28.4 Å². The second kappa shape index (κ2) is 5.89. The molecule has 1 aromatic heterocycles. The van der Waals surface area contributed by atoms with Crippen molar-refractivity contribution in [1.29, 1.82) is 0 Å². The van der Waals surface area contributed by atoms with Crippen LogP contribution in [0.3, 0.4) is 0 Å². The number of amides is 1. The molecule has 1 fully saturated rings. The Morgan fingerprint density at radius 1 is 1.23 bits per heavy atom. The summed E-state index contributed by atoms with van der Waals surface area (Å²) in [5, 5.41) is 4.75.